The maximum absolute atomic E-state index is 13.6. The summed E-state index contributed by atoms with van der Waals surface area (Å²) in [4.78, 5) is 20.4. The highest BCUT2D eigenvalue weighted by Gasteiger charge is 2.15. The molecular formula is C17H14FN3O3. The number of hydrogen-bond acceptors (Lipinski definition) is 5. The Morgan fingerprint density at radius 2 is 1.88 bits per heavy atom. The number of benzene rings is 1. The number of para-hydroxylation sites is 1. The molecule has 0 saturated heterocycles. The summed E-state index contributed by atoms with van der Waals surface area (Å²) in [5, 5.41) is 2.73. The number of aryl methyl sites for hydroxylation is 2. The number of anilines is 1. The average molecular weight is 327 g/mol. The second-order valence-corrected chi connectivity index (χ2v) is 5.05. The second kappa shape index (κ2) is 6.49. The van der Waals surface area contributed by atoms with Crippen molar-refractivity contribution >= 4 is 11.6 Å². The van der Waals surface area contributed by atoms with E-state index >= 15 is 0 Å². The van der Waals surface area contributed by atoms with Gasteiger partial charge in [0.05, 0.1) is 28.9 Å². The molecule has 24 heavy (non-hydrogen) atoms. The highest BCUT2D eigenvalue weighted by Crippen LogP contribution is 2.25. The molecule has 122 valence electrons. The molecule has 0 aliphatic heterocycles. The highest BCUT2D eigenvalue weighted by molar-refractivity contribution is 6.04. The van der Waals surface area contributed by atoms with Crippen LogP contribution >= 0.6 is 0 Å². The maximum atomic E-state index is 13.6. The Morgan fingerprint density at radius 1 is 1.17 bits per heavy atom. The molecule has 2 heterocycles. The van der Waals surface area contributed by atoms with Crippen LogP contribution in [0.5, 0.6) is 11.8 Å². The van der Waals surface area contributed by atoms with Crippen LogP contribution in [-0.4, -0.2) is 15.9 Å². The Balaban J connectivity index is 1.84. The summed E-state index contributed by atoms with van der Waals surface area (Å²) >= 11 is 0. The first kappa shape index (κ1) is 15.7. The fourth-order valence-corrected chi connectivity index (χ4v) is 2.12. The monoisotopic (exact) mass is 327 g/mol. The summed E-state index contributed by atoms with van der Waals surface area (Å²) in [6, 6.07) is 7.55. The number of carbonyl (C=O) groups excluding carboxylic acids is 1. The lowest BCUT2D eigenvalue weighted by atomic mass is 10.2. The summed E-state index contributed by atoms with van der Waals surface area (Å²) in [5.74, 6) is -0.804. The summed E-state index contributed by atoms with van der Waals surface area (Å²) < 4.78 is 23.9. The molecule has 1 aromatic carbocycles. The van der Waals surface area contributed by atoms with Gasteiger partial charge in [-0.25, -0.2) is 4.39 Å². The average Bonchev–Trinajstić information content (AvgIpc) is 3.07. The number of amides is 1. The molecule has 0 fully saturated rings. The molecule has 0 saturated carbocycles. The van der Waals surface area contributed by atoms with Crippen molar-refractivity contribution in [2.75, 3.05) is 5.32 Å². The minimum Gasteiger partial charge on any atom is -0.472 e. The molecule has 0 atom stereocenters. The number of aromatic nitrogens is 2. The molecular weight excluding hydrogens is 313 g/mol. The predicted octanol–water partition coefficient (Wildman–Crippen LogP) is 3.87. The number of hydrogen-bond donors (Lipinski definition) is 1. The summed E-state index contributed by atoms with van der Waals surface area (Å²) in [5.41, 5.74) is 1.87. The van der Waals surface area contributed by atoms with E-state index in [0.717, 1.165) is 0 Å². The number of ether oxygens (including phenoxy) is 1. The van der Waals surface area contributed by atoms with Gasteiger partial charge in [-0.2, -0.15) is 9.97 Å². The third kappa shape index (κ3) is 3.24. The van der Waals surface area contributed by atoms with Crippen LogP contribution in [0.25, 0.3) is 0 Å². The minimum atomic E-state index is -0.506. The fraction of sp³-hybridized carbons (Fsp3) is 0.118. The lowest BCUT2D eigenvalue weighted by Gasteiger charge is -2.12. The minimum absolute atomic E-state index is 0.0106. The van der Waals surface area contributed by atoms with Gasteiger partial charge >= 0.3 is 6.01 Å². The lowest BCUT2D eigenvalue weighted by molar-refractivity contribution is 0.102. The third-order valence-electron chi connectivity index (χ3n) is 3.31. The molecule has 0 spiro atoms. The van der Waals surface area contributed by atoms with Crippen molar-refractivity contribution in [3.8, 4) is 11.8 Å². The molecule has 3 aromatic rings. The zero-order valence-corrected chi connectivity index (χ0v) is 13.0. The number of carbonyl (C=O) groups is 1. The first-order chi connectivity index (χ1) is 11.5. The first-order valence-electron chi connectivity index (χ1n) is 7.16. The van der Waals surface area contributed by atoms with E-state index in [1.165, 1.54) is 24.7 Å². The number of nitrogens with one attached hydrogen (secondary N) is 1. The van der Waals surface area contributed by atoms with Gasteiger partial charge in [0.1, 0.15) is 6.26 Å². The van der Waals surface area contributed by atoms with E-state index in [4.69, 9.17) is 9.15 Å². The molecule has 3 rings (SSSR count). The molecule has 7 heteroatoms. The smallest absolute Gasteiger partial charge is 0.322 e. The summed E-state index contributed by atoms with van der Waals surface area (Å²) in [6.07, 6.45) is 2.76. The quantitative estimate of drug-likeness (QED) is 0.787. The van der Waals surface area contributed by atoms with Crippen LogP contribution < -0.4 is 10.1 Å². The Kier molecular flexibility index (Phi) is 4.24. The van der Waals surface area contributed by atoms with Gasteiger partial charge in [-0.3, -0.25) is 4.79 Å². The first-order valence-corrected chi connectivity index (χ1v) is 7.16. The Morgan fingerprint density at radius 3 is 2.50 bits per heavy atom. The topological polar surface area (TPSA) is 77.3 Å². The van der Waals surface area contributed by atoms with E-state index < -0.39 is 5.82 Å². The Bertz CT molecular complexity index is 856. The van der Waals surface area contributed by atoms with Crippen LogP contribution in [0.4, 0.5) is 10.1 Å². The van der Waals surface area contributed by atoms with Crippen molar-refractivity contribution in [2.24, 2.45) is 0 Å². The van der Waals surface area contributed by atoms with Crippen molar-refractivity contribution in [3.63, 3.8) is 0 Å². The van der Waals surface area contributed by atoms with Crippen LogP contribution in [0.1, 0.15) is 21.7 Å². The van der Waals surface area contributed by atoms with Crippen molar-refractivity contribution in [1.82, 2.24) is 9.97 Å². The van der Waals surface area contributed by atoms with Crippen molar-refractivity contribution in [3.05, 3.63) is 65.6 Å². The number of halogens is 1. The van der Waals surface area contributed by atoms with Crippen LogP contribution in [0, 0.1) is 19.7 Å². The van der Waals surface area contributed by atoms with Crippen molar-refractivity contribution in [1.29, 1.82) is 0 Å². The van der Waals surface area contributed by atoms with Crippen molar-refractivity contribution < 1.29 is 18.3 Å². The number of rotatable bonds is 4. The van der Waals surface area contributed by atoms with E-state index in [-0.39, 0.29) is 17.7 Å². The van der Waals surface area contributed by atoms with Gasteiger partial charge in [0, 0.05) is 0 Å². The van der Waals surface area contributed by atoms with Gasteiger partial charge in [-0.15, -0.1) is 0 Å². The van der Waals surface area contributed by atoms with Gasteiger partial charge in [0.2, 0.25) is 0 Å². The molecule has 1 amide bonds. The lowest BCUT2D eigenvalue weighted by Crippen LogP contribution is -2.14. The molecule has 6 nitrogen and oxygen atoms in total. The molecule has 0 radical (unpaired) electrons. The molecule has 0 bridgehead atoms. The van der Waals surface area contributed by atoms with E-state index in [1.54, 1.807) is 32.0 Å². The van der Waals surface area contributed by atoms with Crippen LogP contribution in [0.3, 0.4) is 0 Å². The summed E-state index contributed by atoms with van der Waals surface area (Å²) in [6.45, 7) is 3.40. The molecule has 0 aliphatic carbocycles. The second-order valence-electron chi connectivity index (χ2n) is 5.05. The zero-order chi connectivity index (χ0) is 17.1. The van der Waals surface area contributed by atoms with Gasteiger partial charge in [-0.1, -0.05) is 12.1 Å². The molecule has 0 aliphatic rings. The van der Waals surface area contributed by atoms with E-state index in [9.17, 15) is 9.18 Å². The highest BCUT2D eigenvalue weighted by atomic mass is 19.1. The van der Waals surface area contributed by atoms with E-state index in [2.05, 4.69) is 15.3 Å². The van der Waals surface area contributed by atoms with Crippen LogP contribution in [0.2, 0.25) is 0 Å². The van der Waals surface area contributed by atoms with E-state index in [0.29, 0.717) is 22.6 Å². The SMILES string of the molecule is Cc1nc(Oc2ccccc2F)nc(C)c1NC(=O)c1ccoc1. The fourth-order valence-electron chi connectivity index (χ4n) is 2.12. The predicted molar refractivity (Wildman–Crippen MR) is 84.6 cm³/mol. The normalized spacial score (nSPS) is 10.5. The Hall–Kier alpha value is -3.22. The van der Waals surface area contributed by atoms with Gasteiger partial charge in [-0.05, 0) is 32.0 Å². The van der Waals surface area contributed by atoms with Gasteiger partial charge in [0.25, 0.3) is 5.91 Å². The standard InChI is InChI=1S/C17H14FN3O3/c1-10-15(21-16(22)12-7-8-23-9-12)11(2)20-17(19-10)24-14-6-4-3-5-13(14)18/h3-9H,1-2H3,(H,21,22). The van der Waals surface area contributed by atoms with Gasteiger partial charge < -0.3 is 14.5 Å². The molecule has 0 unspecified atom stereocenters. The summed E-state index contributed by atoms with van der Waals surface area (Å²) in [7, 11) is 0. The van der Waals surface area contributed by atoms with Gasteiger partial charge in [0.15, 0.2) is 11.6 Å². The number of nitrogens with zero attached hydrogens (tertiary/aromatic N) is 2. The molecule has 2 aromatic heterocycles. The number of furan rings is 1. The largest absolute Gasteiger partial charge is 0.472 e. The van der Waals surface area contributed by atoms with Crippen molar-refractivity contribution in [2.45, 2.75) is 13.8 Å². The van der Waals surface area contributed by atoms with E-state index in [1.807, 2.05) is 0 Å². The molecule has 1 N–H and O–H groups in total. The van der Waals surface area contributed by atoms with Crippen LogP contribution in [-0.2, 0) is 0 Å². The Labute approximate surface area is 137 Å². The zero-order valence-electron chi connectivity index (χ0n) is 13.0. The van der Waals surface area contributed by atoms with Crippen LogP contribution in [0.15, 0.2) is 47.3 Å². The maximum Gasteiger partial charge on any atom is 0.322 e. The third-order valence-corrected chi connectivity index (χ3v) is 3.31.